The molecule has 1 aromatic rings. The summed E-state index contributed by atoms with van der Waals surface area (Å²) in [6.07, 6.45) is 7.01. The maximum absolute atomic E-state index is 5.89. The number of hydrogen-bond donors (Lipinski definition) is 1. The Kier molecular flexibility index (Phi) is 4.40. The van der Waals surface area contributed by atoms with Crippen molar-refractivity contribution in [1.82, 2.24) is 9.97 Å². The molecule has 1 aliphatic rings. The van der Waals surface area contributed by atoms with Gasteiger partial charge in [0.2, 0.25) is 0 Å². The van der Waals surface area contributed by atoms with E-state index in [2.05, 4.69) is 12.2 Å². The first-order valence-corrected chi connectivity index (χ1v) is 7.21. The van der Waals surface area contributed by atoms with Gasteiger partial charge in [0.1, 0.15) is 11.4 Å². The summed E-state index contributed by atoms with van der Waals surface area (Å²) in [5.41, 5.74) is 1.86. The third kappa shape index (κ3) is 2.73. The molecule has 0 spiro atoms. The highest BCUT2D eigenvalue weighted by Crippen LogP contribution is 2.38. The highest BCUT2D eigenvalue weighted by Gasteiger charge is 2.36. The molecule has 0 bridgehead atoms. The van der Waals surface area contributed by atoms with E-state index >= 15 is 0 Å². The van der Waals surface area contributed by atoms with Crippen molar-refractivity contribution < 1.29 is 4.74 Å². The Labute approximate surface area is 116 Å². The quantitative estimate of drug-likeness (QED) is 0.850. The highest BCUT2D eigenvalue weighted by molar-refractivity contribution is 5.45. The fourth-order valence-electron chi connectivity index (χ4n) is 2.89. The predicted octanol–water partition coefficient (Wildman–Crippen LogP) is 3.33. The van der Waals surface area contributed by atoms with Gasteiger partial charge in [-0.2, -0.15) is 0 Å². The van der Waals surface area contributed by atoms with Gasteiger partial charge in [0, 0.05) is 25.4 Å². The first-order chi connectivity index (χ1) is 9.13. The van der Waals surface area contributed by atoms with Crippen LogP contribution in [0.4, 0.5) is 5.82 Å². The Balaban J connectivity index is 2.45. The summed E-state index contributed by atoms with van der Waals surface area (Å²) < 4.78 is 5.89. The second-order valence-corrected chi connectivity index (χ2v) is 5.47. The minimum Gasteiger partial charge on any atom is -0.373 e. The SMILES string of the molecule is CNc1nc(C2(OC)CCCCCC2)nc(C)c1C. The molecule has 0 saturated heterocycles. The molecule has 0 radical (unpaired) electrons. The lowest BCUT2D eigenvalue weighted by atomic mass is 9.92. The first kappa shape index (κ1) is 14.3. The Bertz CT molecular complexity index is 437. The fraction of sp³-hybridized carbons (Fsp3) is 0.733. The van der Waals surface area contributed by atoms with Crippen molar-refractivity contribution in [3.8, 4) is 0 Å². The van der Waals surface area contributed by atoms with Crippen LogP contribution in [0.15, 0.2) is 0 Å². The van der Waals surface area contributed by atoms with Gasteiger partial charge in [-0.05, 0) is 26.7 Å². The summed E-state index contributed by atoms with van der Waals surface area (Å²) in [6.45, 7) is 4.10. The summed E-state index contributed by atoms with van der Waals surface area (Å²) >= 11 is 0. The van der Waals surface area contributed by atoms with Crippen LogP contribution in [-0.2, 0) is 10.3 Å². The van der Waals surface area contributed by atoms with E-state index in [1.807, 2.05) is 14.0 Å². The second-order valence-electron chi connectivity index (χ2n) is 5.47. The molecule has 2 rings (SSSR count). The molecule has 1 saturated carbocycles. The van der Waals surface area contributed by atoms with Crippen molar-refractivity contribution in [3.63, 3.8) is 0 Å². The van der Waals surface area contributed by atoms with E-state index in [1.54, 1.807) is 7.11 Å². The van der Waals surface area contributed by atoms with Crippen molar-refractivity contribution in [2.24, 2.45) is 0 Å². The molecule has 4 heteroatoms. The largest absolute Gasteiger partial charge is 0.373 e. The van der Waals surface area contributed by atoms with Crippen LogP contribution in [0.25, 0.3) is 0 Å². The van der Waals surface area contributed by atoms with Crippen LogP contribution < -0.4 is 5.32 Å². The highest BCUT2D eigenvalue weighted by atomic mass is 16.5. The van der Waals surface area contributed by atoms with Crippen molar-refractivity contribution in [2.45, 2.75) is 58.0 Å². The second kappa shape index (κ2) is 5.87. The van der Waals surface area contributed by atoms with Gasteiger partial charge in [0.25, 0.3) is 0 Å². The van der Waals surface area contributed by atoms with Gasteiger partial charge in [-0.15, -0.1) is 0 Å². The van der Waals surface area contributed by atoms with E-state index in [0.717, 1.165) is 35.7 Å². The third-order valence-corrected chi connectivity index (χ3v) is 4.34. The average molecular weight is 263 g/mol. The number of aromatic nitrogens is 2. The van der Waals surface area contributed by atoms with Crippen LogP contribution in [0.5, 0.6) is 0 Å². The Morgan fingerprint density at radius 1 is 1.05 bits per heavy atom. The number of rotatable bonds is 3. The van der Waals surface area contributed by atoms with Gasteiger partial charge in [-0.1, -0.05) is 25.7 Å². The van der Waals surface area contributed by atoms with Gasteiger partial charge >= 0.3 is 0 Å². The lowest BCUT2D eigenvalue weighted by Crippen LogP contribution is -2.31. The zero-order valence-electron chi connectivity index (χ0n) is 12.5. The topological polar surface area (TPSA) is 47.0 Å². The van der Waals surface area contributed by atoms with E-state index < -0.39 is 0 Å². The summed E-state index contributed by atoms with van der Waals surface area (Å²) in [4.78, 5) is 9.43. The molecule has 0 amide bonds. The molecule has 1 aliphatic carbocycles. The zero-order valence-corrected chi connectivity index (χ0v) is 12.5. The van der Waals surface area contributed by atoms with Crippen LogP contribution in [0.1, 0.15) is 55.6 Å². The van der Waals surface area contributed by atoms with E-state index in [-0.39, 0.29) is 5.60 Å². The molecule has 1 heterocycles. The number of nitrogens with zero attached hydrogens (tertiary/aromatic N) is 2. The lowest BCUT2D eigenvalue weighted by Gasteiger charge is -2.30. The van der Waals surface area contributed by atoms with E-state index in [1.165, 1.54) is 25.7 Å². The Morgan fingerprint density at radius 2 is 1.68 bits per heavy atom. The maximum Gasteiger partial charge on any atom is 0.162 e. The lowest BCUT2D eigenvalue weighted by molar-refractivity contribution is -0.0351. The van der Waals surface area contributed by atoms with Gasteiger partial charge < -0.3 is 10.1 Å². The first-order valence-electron chi connectivity index (χ1n) is 7.21. The normalized spacial score (nSPS) is 18.9. The van der Waals surface area contributed by atoms with Crippen molar-refractivity contribution in [2.75, 3.05) is 19.5 Å². The third-order valence-electron chi connectivity index (χ3n) is 4.34. The van der Waals surface area contributed by atoms with Crippen molar-refractivity contribution in [1.29, 1.82) is 0 Å². The molecule has 0 aromatic carbocycles. The molecule has 19 heavy (non-hydrogen) atoms. The standard InChI is InChI=1S/C15H25N3O/c1-11-12(2)17-14(18-13(11)16-3)15(19-4)9-7-5-6-8-10-15/h5-10H2,1-4H3,(H,16,17,18). The molecule has 1 N–H and O–H groups in total. The number of anilines is 1. The summed E-state index contributed by atoms with van der Waals surface area (Å²) in [6, 6.07) is 0. The molecule has 106 valence electrons. The Hall–Kier alpha value is -1.16. The molecular weight excluding hydrogens is 238 g/mol. The summed E-state index contributed by atoms with van der Waals surface area (Å²) in [7, 11) is 3.70. The number of hydrogen-bond acceptors (Lipinski definition) is 4. The van der Waals surface area contributed by atoms with E-state index in [4.69, 9.17) is 14.7 Å². The fourth-order valence-corrected chi connectivity index (χ4v) is 2.89. The van der Waals surface area contributed by atoms with Gasteiger partial charge in [0.05, 0.1) is 0 Å². The van der Waals surface area contributed by atoms with E-state index in [0.29, 0.717) is 0 Å². The number of nitrogens with one attached hydrogen (secondary N) is 1. The van der Waals surface area contributed by atoms with Gasteiger partial charge in [-0.25, -0.2) is 9.97 Å². The predicted molar refractivity (Wildman–Crippen MR) is 77.4 cm³/mol. The van der Waals surface area contributed by atoms with E-state index in [9.17, 15) is 0 Å². The zero-order chi connectivity index (χ0) is 13.9. The van der Waals surface area contributed by atoms with Crippen molar-refractivity contribution >= 4 is 5.82 Å². The van der Waals surface area contributed by atoms with Crippen LogP contribution in [0.2, 0.25) is 0 Å². The van der Waals surface area contributed by atoms with Crippen molar-refractivity contribution in [3.05, 3.63) is 17.1 Å². The monoisotopic (exact) mass is 263 g/mol. The van der Waals surface area contributed by atoms with Crippen LogP contribution >= 0.6 is 0 Å². The molecule has 1 aromatic heterocycles. The smallest absolute Gasteiger partial charge is 0.162 e. The summed E-state index contributed by atoms with van der Waals surface area (Å²) in [5.74, 6) is 1.77. The maximum atomic E-state index is 5.89. The average Bonchev–Trinajstić information content (AvgIpc) is 2.68. The van der Waals surface area contributed by atoms with Crippen LogP contribution in [0, 0.1) is 13.8 Å². The number of aryl methyl sites for hydroxylation is 1. The molecule has 0 aliphatic heterocycles. The van der Waals surface area contributed by atoms with Crippen LogP contribution in [0.3, 0.4) is 0 Å². The molecule has 0 atom stereocenters. The number of methoxy groups -OCH3 is 1. The molecule has 0 unspecified atom stereocenters. The minimum absolute atomic E-state index is 0.291. The van der Waals surface area contributed by atoms with Gasteiger partial charge in [0.15, 0.2) is 5.82 Å². The Morgan fingerprint density at radius 3 is 2.21 bits per heavy atom. The molecule has 4 nitrogen and oxygen atoms in total. The summed E-state index contributed by atoms with van der Waals surface area (Å²) in [5, 5.41) is 3.17. The molecular formula is C15H25N3O. The molecule has 1 fully saturated rings. The minimum atomic E-state index is -0.291. The van der Waals surface area contributed by atoms with Gasteiger partial charge in [-0.3, -0.25) is 0 Å². The number of ether oxygens (including phenoxy) is 1. The van der Waals surface area contributed by atoms with Crippen LogP contribution in [-0.4, -0.2) is 24.1 Å².